The third-order valence-corrected chi connectivity index (χ3v) is 6.88. The van der Waals surface area contributed by atoms with Crippen LogP contribution in [0, 0.1) is 11.8 Å². The lowest BCUT2D eigenvalue weighted by molar-refractivity contribution is -0.117. The molecule has 2 amide bonds. The number of allylic oxidation sites excluding steroid dienone is 1. The van der Waals surface area contributed by atoms with Gasteiger partial charge in [0.1, 0.15) is 11.6 Å². The van der Waals surface area contributed by atoms with Gasteiger partial charge in [-0.1, -0.05) is 31.2 Å². The van der Waals surface area contributed by atoms with Crippen molar-refractivity contribution < 1.29 is 14.3 Å². The number of aryl methyl sites for hydroxylation is 1. The number of nitrogens with zero attached hydrogens (tertiary/aromatic N) is 2. The van der Waals surface area contributed by atoms with Gasteiger partial charge in [-0.3, -0.25) is 9.59 Å². The maximum absolute atomic E-state index is 13.2. The molecular formula is C28H31N3O3. The molecule has 1 fully saturated rings. The molecule has 6 heteroatoms. The van der Waals surface area contributed by atoms with Gasteiger partial charge in [0.25, 0.3) is 5.91 Å². The predicted molar refractivity (Wildman–Crippen MR) is 134 cm³/mol. The van der Waals surface area contributed by atoms with Crippen LogP contribution in [0.2, 0.25) is 0 Å². The quantitative estimate of drug-likeness (QED) is 0.689. The van der Waals surface area contributed by atoms with Crippen LogP contribution in [0.1, 0.15) is 59.8 Å². The molecule has 5 rings (SSSR count). The number of benzene rings is 1. The fraction of sp³-hybridized carbons (Fsp3) is 0.393. The molecule has 1 atom stereocenters. The molecule has 0 spiro atoms. The summed E-state index contributed by atoms with van der Waals surface area (Å²) in [6.45, 7) is 3.33. The van der Waals surface area contributed by atoms with Gasteiger partial charge in [0.05, 0.1) is 12.8 Å². The van der Waals surface area contributed by atoms with Gasteiger partial charge >= 0.3 is 0 Å². The Labute approximate surface area is 200 Å². The van der Waals surface area contributed by atoms with Crippen LogP contribution in [-0.4, -0.2) is 41.9 Å². The number of carbonyl (C=O) groups is 2. The van der Waals surface area contributed by atoms with Crippen LogP contribution >= 0.6 is 0 Å². The van der Waals surface area contributed by atoms with E-state index in [9.17, 15) is 9.59 Å². The first-order valence-corrected chi connectivity index (χ1v) is 12.2. The first kappa shape index (κ1) is 22.4. The predicted octanol–water partition coefficient (Wildman–Crippen LogP) is 4.96. The Kier molecular flexibility index (Phi) is 6.22. The van der Waals surface area contributed by atoms with Crippen LogP contribution in [0.5, 0.6) is 5.75 Å². The highest BCUT2D eigenvalue weighted by Gasteiger charge is 2.31. The van der Waals surface area contributed by atoms with E-state index < -0.39 is 0 Å². The Morgan fingerprint density at radius 1 is 1.21 bits per heavy atom. The Morgan fingerprint density at radius 3 is 2.82 bits per heavy atom. The van der Waals surface area contributed by atoms with Gasteiger partial charge in [0.15, 0.2) is 0 Å². The van der Waals surface area contributed by atoms with Crippen molar-refractivity contribution >= 4 is 29.3 Å². The number of pyridine rings is 1. The van der Waals surface area contributed by atoms with Crippen molar-refractivity contribution in [2.24, 2.45) is 11.8 Å². The van der Waals surface area contributed by atoms with E-state index in [2.05, 4.69) is 30.5 Å². The summed E-state index contributed by atoms with van der Waals surface area (Å²) in [5, 5.41) is 3.05. The molecule has 2 aromatic rings. The van der Waals surface area contributed by atoms with Crippen LogP contribution in [-0.2, 0) is 11.2 Å². The summed E-state index contributed by atoms with van der Waals surface area (Å²) in [5.74, 6) is 1.68. The van der Waals surface area contributed by atoms with E-state index in [4.69, 9.17) is 9.72 Å². The maximum Gasteiger partial charge on any atom is 0.254 e. The highest BCUT2D eigenvalue weighted by atomic mass is 16.5. The highest BCUT2D eigenvalue weighted by Crippen LogP contribution is 2.36. The molecule has 3 aliphatic rings. The zero-order valence-corrected chi connectivity index (χ0v) is 19.8. The molecule has 176 valence electrons. The molecule has 1 aromatic heterocycles. The lowest BCUT2D eigenvalue weighted by Crippen LogP contribution is -2.38. The molecule has 1 aromatic carbocycles. The minimum absolute atomic E-state index is 0.00638. The van der Waals surface area contributed by atoms with Crippen LogP contribution in [0.4, 0.5) is 5.82 Å². The van der Waals surface area contributed by atoms with Crippen molar-refractivity contribution in [1.82, 2.24) is 9.88 Å². The van der Waals surface area contributed by atoms with E-state index in [0.29, 0.717) is 30.2 Å². The first-order valence-electron chi connectivity index (χ1n) is 12.2. The molecule has 2 aliphatic carbocycles. The van der Waals surface area contributed by atoms with Gasteiger partial charge in [-0.25, -0.2) is 4.98 Å². The smallest absolute Gasteiger partial charge is 0.254 e. The third kappa shape index (κ3) is 4.63. The first-order chi connectivity index (χ1) is 16.5. The fourth-order valence-corrected chi connectivity index (χ4v) is 4.84. The lowest BCUT2D eigenvalue weighted by Gasteiger charge is -2.32. The molecule has 1 unspecified atom stereocenters. The van der Waals surface area contributed by atoms with Crippen molar-refractivity contribution in [2.45, 2.75) is 39.0 Å². The molecule has 6 nitrogen and oxygen atoms in total. The average molecular weight is 458 g/mol. The van der Waals surface area contributed by atoms with E-state index in [1.807, 2.05) is 29.2 Å². The monoisotopic (exact) mass is 457 g/mol. The second-order valence-electron chi connectivity index (χ2n) is 9.48. The van der Waals surface area contributed by atoms with Gasteiger partial charge in [-0.15, -0.1) is 0 Å². The Morgan fingerprint density at radius 2 is 2.06 bits per heavy atom. The summed E-state index contributed by atoms with van der Waals surface area (Å²) < 4.78 is 5.28. The molecule has 1 saturated carbocycles. The van der Waals surface area contributed by atoms with E-state index in [0.717, 1.165) is 48.9 Å². The number of nitrogens with one attached hydrogen (secondary N) is 1. The van der Waals surface area contributed by atoms with E-state index in [-0.39, 0.29) is 23.7 Å². The number of hydrogen-bond acceptors (Lipinski definition) is 4. The van der Waals surface area contributed by atoms with Crippen molar-refractivity contribution in [1.29, 1.82) is 0 Å². The second-order valence-corrected chi connectivity index (χ2v) is 9.48. The average Bonchev–Trinajstić information content (AvgIpc) is 3.71. The fourth-order valence-electron chi connectivity index (χ4n) is 4.84. The number of rotatable bonds is 5. The molecular weight excluding hydrogens is 426 g/mol. The summed E-state index contributed by atoms with van der Waals surface area (Å²) in [5.41, 5.74) is 5.15. The topological polar surface area (TPSA) is 71.5 Å². The van der Waals surface area contributed by atoms with Crippen LogP contribution in [0.15, 0.2) is 42.5 Å². The largest absolute Gasteiger partial charge is 0.497 e. The molecule has 1 aliphatic heterocycles. The van der Waals surface area contributed by atoms with E-state index in [1.165, 1.54) is 5.57 Å². The number of aromatic nitrogens is 1. The summed E-state index contributed by atoms with van der Waals surface area (Å²) in [6, 6.07) is 9.33. The van der Waals surface area contributed by atoms with E-state index >= 15 is 0 Å². The number of fused-ring (bicyclic) bond motifs is 1. The van der Waals surface area contributed by atoms with E-state index in [1.54, 1.807) is 13.2 Å². The molecule has 0 radical (unpaired) electrons. The summed E-state index contributed by atoms with van der Waals surface area (Å²) in [6.07, 6.45) is 11.4. The summed E-state index contributed by atoms with van der Waals surface area (Å²) in [4.78, 5) is 32.3. The van der Waals surface area contributed by atoms with Gasteiger partial charge in [0.2, 0.25) is 5.91 Å². The van der Waals surface area contributed by atoms with Gasteiger partial charge in [0, 0.05) is 30.1 Å². The van der Waals surface area contributed by atoms with Gasteiger partial charge in [-0.05, 0) is 73.4 Å². The van der Waals surface area contributed by atoms with Crippen LogP contribution in [0.3, 0.4) is 0 Å². The molecule has 1 N–H and O–H groups in total. The molecule has 0 bridgehead atoms. The number of amides is 2. The number of methoxy groups -OCH3 is 1. The van der Waals surface area contributed by atoms with Crippen molar-refractivity contribution in [3.8, 4) is 5.75 Å². The SMILES string of the molecule is COc1cccc(C(=O)N2CC=C(c3cc(NC(=O)C4CC4)nc4c3C=CCCC4)C(C)C2)c1. The minimum Gasteiger partial charge on any atom is -0.497 e. The Balaban J connectivity index is 1.44. The normalized spacial score (nSPS) is 19.6. The summed E-state index contributed by atoms with van der Waals surface area (Å²) in [7, 11) is 1.61. The zero-order valence-electron chi connectivity index (χ0n) is 19.8. The molecule has 34 heavy (non-hydrogen) atoms. The standard InChI is InChI=1S/C28H31N3O3/c1-18-17-31(28(33)20-7-6-8-21(15-20)34-2)14-13-22(18)24-16-26(30-27(32)19-11-12-19)29-25-10-5-3-4-9-23(24)25/h4,6-9,13,15-16,18-19H,3,5,10-12,14,17H2,1-2H3,(H,29,30,32). The second kappa shape index (κ2) is 9.45. The van der Waals surface area contributed by atoms with Crippen LogP contribution in [0.25, 0.3) is 11.6 Å². The van der Waals surface area contributed by atoms with Crippen molar-refractivity contribution in [2.75, 3.05) is 25.5 Å². The van der Waals surface area contributed by atoms with Crippen LogP contribution < -0.4 is 10.1 Å². The van der Waals surface area contributed by atoms with Gasteiger partial charge in [-0.2, -0.15) is 0 Å². The summed E-state index contributed by atoms with van der Waals surface area (Å²) >= 11 is 0. The minimum atomic E-state index is 0.00638. The molecule has 0 saturated heterocycles. The van der Waals surface area contributed by atoms with Crippen molar-refractivity contribution in [3.05, 3.63) is 64.9 Å². The number of hydrogen-bond donors (Lipinski definition) is 1. The van der Waals surface area contributed by atoms with Crippen molar-refractivity contribution in [3.63, 3.8) is 0 Å². The van der Waals surface area contributed by atoms with Gasteiger partial charge < -0.3 is 15.0 Å². The lowest BCUT2D eigenvalue weighted by atomic mass is 9.87. The highest BCUT2D eigenvalue weighted by molar-refractivity contribution is 5.96. The zero-order chi connectivity index (χ0) is 23.7. The third-order valence-electron chi connectivity index (χ3n) is 6.88. The number of carbonyl (C=O) groups excluding carboxylic acids is 2. The Hall–Kier alpha value is -3.41. The molecule has 2 heterocycles. The number of anilines is 1. The maximum atomic E-state index is 13.2. The Bertz CT molecular complexity index is 1180. The number of ether oxygens (including phenoxy) is 1.